The second-order valence-corrected chi connectivity index (χ2v) is 9.38. The molecule has 146 valence electrons. The van der Waals surface area contributed by atoms with Gasteiger partial charge in [-0.3, -0.25) is 9.59 Å². The smallest absolute Gasteiger partial charge is 0.224 e. The van der Waals surface area contributed by atoms with Crippen LogP contribution in [-0.2, 0) is 9.59 Å². The molecule has 1 aromatic rings. The van der Waals surface area contributed by atoms with E-state index in [0.717, 1.165) is 42.0 Å². The largest absolute Gasteiger partial charge is 0.326 e. The number of anilines is 2. The Morgan fingerprint density at radius 3 is 2.07 bits per heavy atom. The fraction of sp³-hybridized carbons (Fsp3) is 0.652. The molecule has 4 heteroatoms. The maximum Gasteiger partial charge on any atom is 0.224 e. The number of unbranched alkanes of at least 4 members (excludes halogenated alkanes) is 1. The summed E-state index contributed by atoms with van der Waals surface area (Å²) in [4.78, 5) is 24.7. The zero-order valence-corrected chi connectivity index (χ0v) is 16.4. The van der Waals surface area contributed by atoms with E-state index in [0.29, 0.717) is 12.8 Å². The van der Waals surface area contributed by atoms with E-state index in [1.54, 1.807) is 0 Å². The van der Waals surface area contributed by atoms with Crippen molar-refractivity contribution >= 4 is 23.2 Å². The predicted molar refractivity (Wildman–Crippen MR) is 108 cm³/mol. The molecular formula is C23H32N2O2. The van der Waals surface area contributed by atoms with E-state index in [4.69, 9.17) is 0 Å². The molecule has 0 atom stereocenters. The summed E-state index contributed by atoms with van der Waals surface area (Å²) in [5, 5.41) is 6.01. The summed E-state index contributed by atoms with van der Waals surface area (Å²) in [6.07, 6.45) is 11.1. The molecule has 2 amide bonds. The Morgan fingerprint density at radius 1 is 0.963 bits per heavy atom. The molecule has 27 heavy (non-hydrogen) atoms. The normalized spacial score (nSPS) is 30.9. The van der Waals surface area contributed by atoms with Crippen LogP contribution in [0.4, 0.5) is 11.4 Å². The highest BCUT2D eigenvalue weighted by Crippen LogP contribution is 2.61. The minimum absolute atomic E-state index is 0.0360. The lowest BCUT2D eigenvalue weighted by atomic mass is 9.49. The van der Waals surface area contributed by atoms with Crippen molar-refractivity contribution in [3.8, 4) is 0 Å². The molecule has 2 N–H and O–H groups in total. The van der Waals surface area contributed by atoms with Crippen molar-refractivity contribution in [3.05, 3.63) is 24.3 Å². The highest BCUT2D eigenvalue weighted by atomic mass is 16.2. The van der Waals surface area contributed by atoms with Gasteiger partial charge in [-0.05, 0) is 86.3 Å². The van der Waals surface area contributed by atoms with Crippen LogP contribution >= 0.6 is 0 Å². The number of carbonyl (C=O) groups excluding carboxylic acids is 2. The quantitative estimate of drug-likeness (QED) is 0.680. The Kier molecular flexibility index (Phi) is 5.25. The molecule has 4 fully saturated rings. The van der Waals surface area contributed by atoms with Crippen molar-refractivity contribution in [1.29, 1.82) is 0 Å². The zero-order chi connectivity index (χ0) is 18.9. The van der Waals surface area contributed by atoms with Gasteiger partial charge in [0.05, 0.1) is 0 Å². The number of benzene rings is 1. The van der Waals surface area contributed by atoms with Crippen LogP contribution in [0.25, 0.3) is 0 Å². The minimum Gasteiger partial charge on any atom is -0.326 e. The van der Waals surface area contributed by atoms with E-state index in [2.05, 4.69) is 17.6 Å². The second-order valence-electron chi connectivity index (χ2n) is 9.38. The van der Waals surface area contributed by atoms with Gasteiger partial charge in [0.2, 0.25) is 11.8 Å². The molecule has 0 heterocycles. The molecule has 4 aliphatic carbocycles. The molecular weight excluding hydrogens is 336 g/mol. The van der Waals surface area contributed by atoms with Crippen molar-refractivity contribution in [2.75, 3.05) is 10.6 Å². The third-order valence-corrected chi connectivity index (χ3v) is 6.89. The van der Waals surface area contributed by atoms with Crippen LogP contribution in [0, 0.1) is 23.2 Å². The summed E-state index contributed by atoms with van der Waals surface area (Å²) in [7, 11) is 0. The fourth-order valence-corrected chi connectivity index (χ4v) is 6.29. The third kappa shape index (κ3) is 4.36. The Hall–Kier alpha value is -1.84. The highest BCUT2D eigenvalue weighted by molar-refractivity contribution is 5.94. The first-order valence-corrected chi connectivity index (χ1v) is 10.7. The fourth-order valence-electron chi connectivity index (χ4n) is 6.29. The monoisotopic (exact) mass is 368 g/mol. The van der Waals surface area contributed by atoms with Gasteiger partial charge < -0.3 is 10.6 Å². The number of nitrogens with one attached hydrogen (secondary N) is 2. The van der Waals surface area contributed by atoms with Crippen molar-refractivity contribution in [3.63, 3.8) is 0 Å². The predicted octanol–water partition coefficient (Wildman–Crippen LogP) is 5.36. The second kappa shape index (κ2) is 7.65. The molecule has 5 rings (SSSR count). The maximum absolute atomic E-state index is 12.8. The molecule has 0 aliphatic heterocycles. The first-order valence-electron chi connectivity index (χ1n) is 10.7. The molecule has 4 bridgehead atoms. The van der Waals surface area contributed by atoms with E-state index >= 15 is 0 Å². The van der Waals surface area contributed by atoms with Crippen LogP contribution in [0.3, 0.4) is 0 Å². The summed E-state index contributed by atoms with van der Waals surface area (Å²) in [5.74, 6) is 2.77. The van der Waals surface area contributed by atoms with Crippen LogP contribution < -0.4 is 10.6 Å². The molecule has 0 radical (unpaired) electrons. The summed E-state index contributed by atoms with van der Waals surface area (Å²) in [6, 6.07) is 7.52. The minimum atomic E-state index is 0.0360. The lowest BCUT2D eigenvalue weighted by Gasteiger charge is -2.56. The first kappa shape index (κ1) is 18.5. The average molecular weight is 369 g/mol. The summed E-state index contributed by atoms with van der Waals surface area (Å²) in [5.41, 5.74) is 1.78. The van der Waals surface area contributed by atoms with Gasteiger partial charge in [0.15, 0.2) is 0 Å². The molecule has 0 unspecified atom stereocenters. The van der Waals surface area contributed by atoms with E-state index in [-0.39, 0.29) is 17.2 Å². The van der Waals surface area contributed by atoms with Crippen molar-refractivity contribution < 1.29 is 9.59 Å². The highest BCUT2D eigenvalue weighted by Gasteiger charge is 2.51. The number of amides is 2. The van der Waals surface area contributed by atoms with Crippen molar-refractivity contribution in [2.24, 2.45) is 23.2 Å². The van der Waals surface area contributed by atoms with Crippen LogP contribution in [-0.4, -0.2) is 11.8 Å². The number of hydrogen-bond donors (Lipinski definition) is 2. The van der Waals surface area contributed by atoms with E-state index in [1.807, 2.05) is 24.3 Å². The van der Waals surface area contributed by atoms with Gasteiger partial charge in [0.25, 0.3) is 0 Å². The van der Waals surface area contributed by atoms with Gasteiger partial charge >= 0.3 is 0 Å². The molecule has 0 saturated heterocycles. The molecule has 1 aromatic carbocycles. The number of rotatable bonds is 7. The van der Waals surface area contributed by atoms with Gasteiger partial charge in [0.1, 0.15) is 0 Å². The topological polar surface area (TPSA) is 58.2 Å². The van der Waals surface area contributed by atoms with Crippen molar-refractivity contribution in [1.82, 2.24) is 0 Å². The van der Waals surface area contributed by atoms with Gasteiger partial charge in [-0.2, -0.15) is 0 Å². The maximum atomic E-state index is 12.8. The average Bonchev–Trinajstić information content (AvgIpc) is 2.58. The Labute approximate surface area is 162 Å². The van der Waals surface area contributed by atoms with Crippen LogP contribution in [0.5, 0.6) is 0 Å². The van der Waals surface area contributed by atoms with Crippen LogP contribution in [0.1, 0.15) is 71.1 Å². The van der Waals surface area contributed by atoms with Crippen LogP contribution in [0.2, 0.25) is 0 Å². The lowest BCUT2D eigenvalue weighted by Crippen LogP contribution is -2.47. The van der Waals surface area contributed by atoms with Gasteiger partial charge in [-0.25, -0.2) is 0 Å². The molecule has 4 nitrogen and oxygen atoms in total. The Bertz CT molecular complexity index is 677. The molecule has 4 saturated carbocycles. The number of carbonyl (C=O) groups is 2. The zero-order valence-electron chi connectivity index (χ0n) is 16.4. The van der Waals surface area contributed by atoms with E-state index in [1.165, 1.54) is 38.5 Å². The summed E-state index contributed by atoms with van der Waals surface area (Å²) in [6.45, 7) is 2.08. The van der Waals surface area contributed by atoms with Gasteiger partial charge in [-0.15, -0.1) is 0 Å². The summed E-state index contributed by atoms with van der Waals surface area (Å²) < 4.78 is 0. The van der Waals surface area contributed by atoms with Crippen molar-refractivity contribution in [2.45, 2.75) is 71.1 Å². The van der Waals surface area contributed by atoms with E-state index < -0.39 is 0 Å². The molecule has 4 aliphatic rings. The first-order chi connectivity index (χ1) is 13.0. The lowest BCUT2D eigenvalue weighted by molar-refractivity contribution is -0.124. The Morgan fingerprint density at radius 2 is 1.52 bits per heavy atom. The summed E-state index contributed by atoms with van der Waals surface area (Å²) >= 11 is 0. The Balaban J connectivity index is 1.34. The van der Waals surface area contributed by atoms with Gasteiger partial charge in [-0.1, -0.05) is 19.4 Å². The standard InChI is InChI=1S/C23H32N2O2/c1-2-3-7-21(26)24-19-5-4-6-20(11-19)25-22(27)15-23-12-16-8-17(13-23)10-18(9-16)14-23/h4-6,11,16-18H,2-3,7-10,12-15H2,1H3,(H,24,26)(H,25,27). The number of hydrogen-bond acceptors (Lipinski definition) is 2. The van der Waals surface area contributed by atoms with E-state index in [9.17, 15) is 9.59 Å². The van der Waals surface area contributed by atoms with Gasteiger partial charge in [0, 0.05) is 24.2 Å². The SMILES string of the molecule is CCCCC(=O)Nc1cccc(NC(=O)CC23CC4CC(CC(C4)C2)C3)c1. The third-order valence-electron chi connectivity index (χ3n) is 6.89. The van der Waals surface area contributed by atoms with Crippen LogP contribution in [0.15, 0.2) is 24.3 Å². The molecule has 0 aromatic heterocycles. The molecule has 0 spiro atoms.